The Morgan fingerprint density at radius 3 is 2.65 bits per heavy atom. The summed E-state index contributed by atoms with van der Waals surface area (Å²) in [5.74, 6) is -1.14. The van der Waals surface area contributed by atoms with Gasteiger partial charge in [0.25, 0.3) is 0 Å². The van der Waals surface area contributed by atoms with Crippen molar-refractivity contribution in [3.8, 4) is 0 Å². The molecular formula is C14H16F3N3. The van der Waals surface area contributed by atoms with E-state index in [9.17, 15) is 13.2 Å². The molecule has 0 spiro atoms. The van der Waals surface area contributed by atoms with Crippen molar-refractivity contribution in [1.82, 2.24) is 9.97 Å². The van der Waals surface area contributed by atoms with Gasteiger partial charge in [-0.05, 0) is 37.8 Å². The van der Waals surface area contributed by atoms with Crippen molar-refractivity contribution in [2.45, 2.75) is 37.9 Å². The maximum atomic E-state index is 12.6. The van der Waals surface area contributed by atoms with E-state index in [1.807, 2.05) is 18.3 Å². The zero-order valence-corrected chi connectivity index (χ0v) is 10.9. The second-order valence-electron chi connectivity index (χ2n) is 5.34. The molecule has 2 N–H and O–H groups in total. The lowest BCUT2D eigenvalue weighted by Gasteiger charge is -2.30. The van der Waals surface area contributed by atoms with Gasteiger partial charge in [-0.3, -0.25) is 4.98 Å². The summed E-state index contributed by atoms with van der Waals surface area (Å²) in [5.41, 5.74) is 2.64. The summed E-state index contributed by atoms with van der Waals surface area (Å²) in [6.07, 6.45) is 0.990. The molecule has 0 atom stereocenters. The highest BCUT2D eigenvalue weighted by Crippen LogP contribution is 2.38. The lowest BCUT2D eigenvalue weighted by Crippen LogP contribution is -2.32. The number of halogens is 3. The van der Waals surface area contributed by atoms with Crippen LogP contribution in [0.25, 0.3) is 11.0 Å². The number of fused-ring (bicyclic) bond motifs is 1. The standard InChI is InChI=1S/C14H16F3N3/c15-14(16,17)9-3-5-10(6-4-9)20-12-8-19-11-2-1-7-18-13(11)12/h1-2,7-10,19-20H,3-6H2. The van der Waals surface area contributed by atoms with E-state index in [4.69, 9.17) is 0 Å². The van der Waals surface area contributed by atoms with E-state index >= 15 is 0 Å². The zero-order valence-electron chi connectivity index (χ0n) is 10.9. The summed E-state index contributed by atoms with van der Waals surface area (Å²) in [5, 5.41) is 3.31. The molecule has 1 aliphatic rings. The molecule has 2 aromatic rings. The van der Waals surface area contributed by atoms with Gasteiger partial charge in [-0.15, -0.1) is 0 Å². The molecule has 20 heavy (non-hydrogen) atoms. The Morgan fingerprint density at radius 1 is 1.20 bits per heavy atom. The van der Waals surface area contributed by atoms with Gasteiger partial charge in [0.2, 0.25) is 0 Å². The predicted molar refractivity (Wildman–Crippen MR) is 71.5 cm³/mol. The SMILES string of the molecule is FC(F)(F)C1CCC(Nc2c[nH]c3cccnc23)CC1. The van der Waals surface area contributed by atoms with Gasteiger partial charge < -0.3 is 10.3 Å². The number of anilines is 1. The smallest absolute Gasteiger partial charge is 0.379 e. The number of pyridine rings is 1. The minimum Gasteiger partial charge on any atom is -0.379 e. The molecule has 2 aromatic heterocycles. The molecule has 0 amide bonds. The fourth-order valence-electron chi connectivity index (χ4n) is 2.85. The summed E-state index contributed by atoms with van der Waals surface area (Å²) >= 11 is 0. The van der Waals surface area contributed by atoms with Crippen LogP contribution in [-0.4, -0.2) is 22.2 Å². The van der Waals surface area contributed by atoms with Crippen molar-refractivity contribution in [3.05, 3.63) is 24.5 Å². The molecule has 0 bridgehead atoms. The Morgan fingerprint density at radius 2 is 1.95 bits per heavy atom. The van der Waals surface area contributed by atoms with Gasteiger partial charge >= 0.3 is 6.18 Å². The molecule has 0 unspecified atom stereocenters. The number of nitrogens with zero attached hydrogens (tertiary/aromatic N) is 1. The summed E-state index contributed by atoms with van der Waals surface area (Å²) in [7, 11) is 0. The lowest BCUT2D eigenvalue weighted by atomic mass is 9.85. The van der Waals surface area contributed by atoms with E-state index in [0.717, 1.165) is 16.7 Å². The van der Waals surface area contributed by atoms with Crippen LogP contribution in [-0.2, 0) is 0 Å². The van der Waals surface area contributed by atoms with Crippen LogP contribution in [0.2, 0.25) is 0 Å². The number of hydrogen-bond donors (Lipinski definition) is 2. The Balaban J connectivity index is 1.65. The van der Waals surface area contributed by atoms with Crippen LogP contribution < -0.4 is 5.32 Å². The molecule has 6 heteroatoms. The first-order valence-electron chi connectivity index (χ1n) is 6.79. The number of rotatable bonds is 2. The highest BCUT2D eigenvalue weighted by Gasteiger charge is 2.41. The quantitative estimate of drug-likeness (QED) is 0.871. The molecule has 0 aliphatic heterocycles. The van der Waals surface area contributed by atoms with Gasteiger partial charge in [0.1, 0.15) is 5.52 Å². The monoisotopic (exact) mass is 283 g/mol. The number of hydrogen-bond acceptors (Lipinski definition) is 2. The third kappa shape index (κ3) is 2.59. The Labute approximate surface area is 114 Å². The molecule has 2 heterocycles. The van der Waals surface area contributed by atoms with E-state index in [1.54, 1.807) is 6.20 Å². The van der Waals surface area contributed by atoms with E-state index < -0.39 is 12.1 Å². The minimum atomic E-state index is -4.05. The van der Waals surface area contributed by atoms with Crippen LogP contribution in [0.15, 0.2) is 24.5 Å². The molecule has 1 saturated carbocycles. The van der Waals surface area contributed by atoms with E-state index in [2.05, 4.69) is 15.3 Å². The minimum absolute atomic E-state index is 0.0922. The average Bonchev–Trinajstić information content (AvgIpc) is 2.82. The highest BCUT2D eigenvalue weighted by atomic mass is 19.4. The lowest BCUT2D eigenvalue weighted by molar-refractivity contribution is -0.182. The van der Waals surface area contributed by atoms with Crippen LogP contribution in [0.4, 0.5) is 18.9 Å². The van der Waals surface area contributed by atoms with E-state index in [0.29, 0.717) is 12.8 Å². The van der Waals surface area contributed by atoms with Crippen LogP contribution in [0.5, 0.6) is 0 Å². The Kier molecular flexibility index (Phi) is 3.31. The molecule has 1 aliphatic carbocycles. The first-order valence-corrected chi connectivity index (χ1v) is 6.79. The van der Waals surface area contributed by atoms with Crippen molar-refractivity contribution in [3.63, 3.8) is 0 Å². The van der Waals surface area contributed by atoms with E-state index in [1.165, 1.54) is 0 Å². The molecular weight excluding hydrogens is 267 g/mol. The molecule has 1 fully saturated rings. The maximum absolute atomic E-state index is 12.6. The topological polar surface area (TPSA) is 40.7 Å². The number of H-pyrrole nitrogens is 1. The first-order chi connectivity index (χ1) is 9.54. The second-order valence-corrected chi connectivity index (χ2v) is 5.34. The van der Waals surface area contributed by atoms with Gasteiger partial charge in [-0.25, -0.2) is 0 Å². The summed E-state index contributed by atoms with van der Waals surface area (Å²) in [4.78, 5) is 7.39. The molecule has 3 nitrogen and oxygen atoms in total. The molecule has 0 saturated heterocycles. The van der Waals surface area contributed by atoms with E-state index in [-0.39, 0.29) is 18.9 Å². The molecule has 0 aromatic carbocycles. The van der Waals surface area contributed by atoms with Crippen LogP contribution in [0.1, 0.15) is 25.7 Å². The highest BCUT2D eigenvalue weighted by molar-refractivity contribution is 5.88. The van der Waals surface area contributed by atoms with Crippen molar-refractivity contribution in [2.75, 3.05) is 5.32 Å². The van der Waals surface area contributed by atoms with Crippen molar-refractivity contribution in [2.24, 2.45) is 5.92 Å². The first kappa shape index (κ1) is 13.3. The van der Waals surface area contributed by atoms with Crippen molar-refractivity contribution >= 4 is 16.7 Å². The summed E-state index contributed by atoms with van der Waals surface area (Å²) in [6.45, 7) is 0. The number of aromatic amines is 1. The average molecular weight is 283 g/mol. The summed E-state index contributed by atoms with van der Waals surface area (Å²) < 4.78 is 37.9. The zero-order chi connectivity index (χ0) is 14.2. The second kappa shape index (κ2) is 5.00. The normalized spacial score (nSPS) is 23.9. The maximum Gasteiger partial charge on any atom is 0.391 e. The number of alkyl halides is 3. The summed E-state index contributed by atoms with van der Waals surface area (Å²) in [6, 6.07) is 3.86. The largest absolute Gasteiger partial charge is 0.391 e. The molecule has 0 radical (unpaired) electrons. The van der Waals surface area contributed by atoms with Gasteiger partial charge in [0, 0.05) is 18.4 Å². The van der Waals surface area contributed by atoms with Crippen LogP contribution in [0.3, 0.4) is 0 Å². The fourth-order valence-corrected chi connectivity index (χ4v) is 2.85. The van der Waals surface area contributed by atoms with Crippen molar-refractivity contribution < 1.29 is 13.2 Å². The molecule has 3 rings (SSSR count). The van der Waals surface area contributed by atoms with Gasteiger partial charge in [-0.2, -0.15) is 13.2 Å². The van der Waals surface area contributed by atoms with Crippen LogP contribution in [0, 0.1) is 5.92 Å². The van der Waals surface area contributed by atoms with Gasteiger partial charge in [0.05, 0.1) is 17.1 Å². The third-order valence-corrected chi connectivity index (χ3v) is 3.98. The molecule has 108 valence electrons. The number of aromatic nitrogens is 2. The van der Waals surface area contributed by atoms with Crippen LogP contribution >= 0.6 is 0 Å². The fraction of sp³-hybridized carbons (Fsp3) is 0.500. The van der Waals surface area contributed by atoms with Crippen molar-refractivity contribution in [1.29, 1.82) is 0 Å². The van der Waals surface area contributed by atoms with Gasteiger partial charge in [0.15, 0.2) is 0 Å². The van der Waals surface area contributed by atoms with Gasteiger partial charge in [-0.1, -0.05) is 0 Å². The third-order valence-electron chi connectivity index (χ3n) is 3.98. The predicted octanol–water partition coefficient (Wildman–Crippen LogP) is 4.10. The number of nitrogens with one attached hydrogen (secondary N) is 2. The Hall–Kier alpha value is -1.72. The Bertz CT molecular complexity index is 583.